The average Bonchev–Trinajstić information content (AvgIpc) is 2.27. The number of likely N-dealkylation sites (N-methyl/N-ethyl adjacent to an activating group) is 1. The van der Waals surface area contributed by atoms with E-state index < -0.39 is 5.97 Å². The van der Waals surface area contributed by atoms with Crippen molar-refractivity contribution in [3.8, 4) is 0 Å². The fourth-order valence-electron chi connectivity index (χ4n) is 1.29. The van der Waals surface area contributed by atoms with Crippen molar-refractivity contribution in [1.82, 2.24) is 4.90 Å². The molecule has 0 saturated carbocycles. The lowest BCUT2D eigenvalue weighted by molar-refractivity contribution is -0.131. The molecule has 3 nitrogen and oxygen atoms in total. The van der Waals surface area contributed by atoms with Crippen molar-refractivity contribution in [3.63, 3.8) is 0 Å². The van der Waals surface area contributed by atoms with Gasteiger partial charge in [0.15, 0.2) is 0 Å². The summed E-state index contributed by atoms with van der Waals surface area (Å²) in [6, 6.07) is 7.73. The number of hydrogen-bond acceptors (Lipinski definition) is 2. The van der Waals surface area contributed by atoms with Crippen LogP contribution in [0.2, 0.25) is 0 Å². The Hall–Kier alpha value is -1.87. The number of carboxylic acids is 1. The van der Waals surface area contributed by atoms with Gasteiger partial charge in [-0.2, -0.15) is 0 Å². The third-order valence-corrected chi connectivity index (χ3v) is 2.14. The zero-order valence-electron chi connectivity index (χ0n) is 10.1. The summed E-state index contributed by atoms with van der Waals surface area (Å²) in [7, 11) is 4.04. The second kappa shape index (κ2) is 6.66. The molecular weight excluding hydrogens is 214 g/mol. The first kappa shape index (κ1) is 13.2. The highest BCUT2D eigenvalue weighted by molar-refractivity contribution is 5.85. The number of nitrogens with zero attached hydrogens (tertiary/aromatic N) is 1. The standard InChI is InChI=1S/C14H17NO2/c1-15(2)11-3-4-12-5-7-13(8-6-12)9-10-14(16)17/h3-10H,11H2,1-2H3,(H,16,17)/b4-3?,10-9+. The van der Waals surface area contributed by atoms with Crippen LogP contribution in [0.25, 0.3) is 12.2 Å². The van der Waals surface area contributed by atoms with E-state index in [2.05, 4.69) is 11.0 Å². The summed E-state index contributed by atoms with van der Waals surface area (Å²) < 4.78 is 0. The highest BCUT2D eigenvalue weighted by Crippen LogP contribution is 2.07. The smallest absolute Gasteiger partial charge is 0.328 e. The predicted octanol–water partition coefficient (Wildman–Crippen LogP) is 2.36. The van der Waals surface area contributed by atoms with Crippen LogP contribution in [0.5, 0.6) is 0 Å². The lowest BCUT2D eigenvalue weighted by Crippen LogP contribution is -2.10. The summed E-state index contributed by atoms with van der Waals surface area (Å²) in [5.41, 5.74) is 2.00. The molecular formula is C14H17NO2. The second-order valence-electron chi connectivity index (χ2n) is 4.00. The summed E-state index contributed by atoms with van der Waals surface area (Å²) in [6.07, 6.45) is 6.85. The number of rotatable bonds is 5. The van der Waals surface area contributed by atoms with Crippen molar-refractivity contribution >= 4 is 18.1 Å². The zero-order chi connectivity index (χ0) is 12.7. The lowest BCUT2D eigenvalue weighted by atomic mass is 10.1. The van der Waals surface area contributed by atoms with Gasteiger partial charge in [0.25, 0.3) is 0 Å². The van der Waals surface area contributed by atoms with Crippen LogP contribution in [0.4, 0.5) is 0 Å². The van der Waals surface area contributed by atoms with Crippen LogP contribution in [-0.4, -0.2) is 36.6 Å². The maximum atomic E-state index is 10.3. The average molecular weight is 231 g/mol. The Bertz CT molecular complexity index is 416. The van der Waals surface area contributed by atoms with Crippen molar-refractivity contribution in [2.75, 3.05) is 20.6 Å². The SMILES string of the molecule is CN(C)CC=Cc1ccc(/C=C/C(=O)O)cc1. The molecule has 0 aliphatic heterocycles. The van der Waals surface area contributed by atoms with Crippen LogP contribution in [0, 0.1) is 0 Å². The van der Waals surface area contributed by atoms with Gasteiger partial charge in [0.1, 0.15) is 0 Å². The fraction of sp³-hybridized carbons (Fsp3) is 0.214. The topological polar surface area (TPSA) is 40.5 Å². The van der Waals surface area contributed by atoms with Gasteiger partial charge in [0, 0.05) is 12.6 Å². The molecule has 90 valence electrons. The Kier molecular flexibility index (Phi) is 5.17. The molecule has 0 fully saturated rings. The molecule has 0 atom stereocenters. The van der Waals surface area contributed by atoms with Crippen LogP contribution in [0.1, 0.15) is 11.1 Å². The molecule has 0 saturated heterocycles. The molecule has 0 aromatic heterocycles. The summed E-state index contributed by atoms with van der Waals surface area (Å²) in [4.78, 5) is 12.4. The number of benzene rings is 1. The first-order chi connectivity index (χ1) is 8.08. The van der Waals surface area contributed by atoms with E-state index in [0.29, 0.717) is 0 Å². The summed E-state index contributed by atoms with van der Waals surface area (Å²) in [5.74, 6) is -0.931. The maximum absolute atomic E-state index is 10.3. The first-order valence-corrected chi connectivity index (χ1v) is 5.40. The van der Waals surface area contributed by atoms with Gasteiger partial charge >= 0.3 is 5.97 Å². The van der Waals surface area contributed by atoms with Crippen molar-refractivity contribution in [3.05, 3.63) is 47.5 Å². The lowest BCUT2D eigenvalue weighted by Gasteiger charge is -2.03. The van der Waals surface area contributed by atoms with Crippen LogP contribution in [0.15, 0.2) is 36.4 Å². The molecule has 0 amide bonds. The van der Waals surface area contributed by atoms with Gasteiger partial charge < -0.3 is 10.0 Å². The number of carboxylic acid groups (broad SMARTS) is 1. The van der Waals surface area contributed by atoms with Gasteiger partial charge in [-0.05, 0) is 31.3 Å². The summed E-state index contributed by atoms with van der Waals surface area (Å²) >= 11 is 0. The highest BCUT2D eigenvalue weighted by Gasteiger charge is 1.90. The van der Waals surface area contributed by atoms with Crippen molar-refractivity contribution in [1.29, 1.82) is 0 Å². The predicted molar refractivity (Wildman–Crippen MR) is 70.7 cm³/mol. The Labute approximate surface area is 102 Å². The third kappa shape index (κ3) is 5.68. The van der Waals surface area contributed by atoms with Crippen LogP contribution in [0.3, 0.4) is 0 Å². The zero-order valence-corrected chi connectivity index (χ0v) is 10.1. The molecule has 0 radical (unpaired) electrons. The Morgan fingerprint density at radius 1 is 1.18 bits per heavy atom. The Balaban J connectivity index is 2.62. The van der Waals surface area contributed by atoms with E-state index in [4.69, 9.17) is 5.11 Å². The largest absolute Gasteiger partial charge is 0.478 e. The molecule has 0 spiro atoms. The van der Waals surface area contributed by atoms with E-state index in [0.717, 1.165) is 23.7 Å². The number of aliphatic carboxylic acids is 1. The van der Waals surface area contributed by atoms with Crippen molar-refractivity contribution < 1.29 is 9.90 Å². The minimum atomic E-state index is -0.931. The van der Waals surface area contributed by atoms with Crippen molar-refractivity contribution in [2.24, 2.45) is 0 Å². The molecule has 17 heavy (non-hydrogen) atoms. The monoisotopic (exact) mass is 231 g/mol. The molecule has 1 aromatic carbocycles. The van der Waals surface area contributed by atoms with Crippen LogP contribution < -0.4 is 0 Å². The normalized spacial score (nSPS) is 11.7. The van der Waals surface area contributed by atoms with Gasteiger partial charge in [0.2, 0.25) is 0 Å². The molecule has 0 aliphatic carbocycles. The maximum Gasteiger partial charge on any atom is 0.328 e. The number of hydrogen-bond donors (Lipinski definition) is 1. The van der Waals surface area contributed by atoms with Gasteiger partial charge in [-0.25, -0.2) is 4.79 Å². The van der Waals surface area contributed by atoms with E-state index in [1.807, 2.05) is 44.4 Å². The molecule has 3 heteroatoms. The first-order valence-electron chi connectivity index (χ1n) is 5.40. The minimum Gasteiger partial charge on any atom is -0.478 e. The van der Waals surface area contributed by atoms with Crippen LogP contribution in [-0.2, 0) is 4.79 Å². The summed E-state index contributed by atoms with van der Waals surface area (Å²) in [5, 5.41) is 8.49. The third-order valence-electron chi connectivity index (χ3n) is 2.14. The number of carbonyl (C=O) groups is 1. The Morgan fingerprint density at radius 2 is 1.71 bits per heavy atom. The minimum absolute atomic E-state index is 0.886. The molecule has 0 heterocycles. The molecule has 1 N–H and O–H groups in total. The summed E-state index contributed by atoms with van der Waals surface area (Å²) in [6.45, 7) is 0.903. The van der Waals surface area contributed by atoms with Gasteiger partial charge in [-0.15, -0.1) is 0 Å². The van der Waals surface area contributed by atoms with Gasteiger partial charge in [0.05, 0.1) is 0 Å². The molecule has 0 bridgehead atoms. The Morgan fingerprint density at radius 3 is 2.18 bits per heavy atom. The van der Waals surface area contributed by atoms with E-state index in [1.54, 1.807) is 6.08 Å². The highest BCUT2D eigenvalue weighted by atomic mass is 16.4. The van der Waals surface area contributed by atoms with E-state index in [1.165, 1.54) is 0 Å². The second-order valence-corrected chi connectivity index (χ2v) is 4.00. The fourth-order valence-corrected chi connectivity index (χ4v) is 1.29. The van der Waals surface area contributed by atoms with E-state index in [-0.39, 0.29) is 0 Å². The molecule has 0 unspecified atom stereocenters. The molecule has 1 rings (SSSR count). The van der Waals surface area contributed by atoms with E-state index in [9.17, 15) is 4.79 Å². The van der Waals surface area contributed by atoms with Crippen molar-refractivity contribution in [2.45, 2.75) is 0 Å². The molecule has 0 aliphatic rings. The van der Waals surface area contributed by atoms with E-state index >= 15 is 0 Å². The van der Waals surface area contributed by atoms with Crippen LogP contribution >= 0.6 is 0 Å². The van der Waals surface area contributed by atoms with Gasteiger partial charge in [-0.1, -0.05) is 36.4 Å². The molecule has 1 aromatic rings. The quantitative estimate of drug-likeness (QED) is 0.791. The van der Waals surface area contributed by atoms with Gasteiger partial charge in [-0.3, -0.25) is 0 Å².